The molecule has 0 spiro atoms. The van der Waals surface area contributed by atoms with Gasteiger partial charge in [0.2, 0.25) is 5.79 Å². The molecule has 0 saturated carbocycles. The van der Waals surface area contributed by atoms with E-state index in [1.807, 2.05) is 13.8 Å². The fourth-order valence-corrected chi connectivity index (χ4v) is 9.85. The van der Waals surface area contributed by atoms with Crippen molar-refractivity contribution in [3.05, 3.63) is 23.8 Å². The number of carbonyl (C=O) groups excluding carboxylic acids is 4. The number of cyclic esters (lactones) is 1. The van der Waals surface area contributed by atoms with Crippen molar-refractivity contribution in [2.75, 3.05) is 20.8 Å². The van der Waals surface area contributed by atoms with Gasteiger partial charge in [-0.15, -0.1) is 0 Å². The third-order valence-electron chi connectivity index (χ3n) is 13.1. The second-order valence-corrected chi connectivity index (χ2v) is 24.7. The van der Waals surface area contributed by atoms with Crippen LogP contribution in [0.2, 0.25) is 18.1 Å². The lowest BCUT2D eigenvalue weighted by Crippen LogP contribution is -2.63. The van der Waals surface area contributed by atoms with E-state index in [2.05, 4.69) is 33.9 Å². The van der Waals surface area contributed by atoms with Crippen LogP contribution < -0.4 is 0 Å². The maximum atomic E-state index is 13.9. The molecule has 0 amide bonds. The summed E-state index contributed by atoms with van der Waals surface area (Å²) in [4.78, 5) is 51.8. The highest BCUT2D eigenvalue weighted by atomic mass is 28.4. The minimum atomic E-state index is -2.47. The Morgan fingerprint density at radius 1 is 0.968 bits per heavy atom. The largest absolute Gasteiger partial charge is 0.466 e. The Bertz CT molecular complexity index is 1620. The van der Waals surface area contributed by atoms with Crippen LogP contribution in [0.3, 0.4) is 0 Å². The van der Waals surface area contributed by atoms with Gasteiger partial charge in [-0.25, -0.2) is 4.79 Å². The van der Waals surface area contributed by atoms with Gasteiger partial charge in [0.25, 0.3) is 0 Å². The van der Waals surface area contributed by atoms with Gasteiger partial charge in [-0.2, -0.15) is 0 Å². The molecule has 356 valence electrons. The first-order chi connectivity index (χ1) is 28.4. The SMILES string of the molecule is COC(=O)/C=C1\C[C@H]2C[C@H](C(C)O[Si](C)(C)C(C)(C)C)OC(=O)C[C@H](O)C[C@@H]3C[C@H](OC(C)=O)C(C)(C)[C@](OC)(C[C@H](C[C@@H](C)O)OC/C=C/C(C)(C)[C@](O)(O2)C1OC(C)=O)O3. The molecule has 3 aliphatic rings. The summed E-state index contributed by atoms with van der Waals surface area (Å²) in [6.07, 6.45) is -3.97. The number of aliphatic hydroxyl groups excluding tert-OH is 2. The molecule has 3 rings (SSSR count). The average Bonchev–Trinajstić information content (AvgIpc) is 3.11. The molecule has 62 heavy (non-hydrogen) atoms. The van der Waals surface area contributed by atoms with Crippen LogP contribution in [0.4, 0.5) is 0 Å². The Labute approximate surface area is 369 Å². The molecule has 16 nitrogen and oxygen atoms in total. The lowest BCUT2D eigenvalue weighted by Gasteiger charge is -2.55. The number of aliphatic hydroxyl groups is 3. The Morgan fingerprint density at radius 3 is 2.15 bits per heavy atom. The summed E-state index contributed by atoms with van der Waals surface area (Å²) in [5.41, 5.74) is -2.13. The average molecular weight is 901 g/mol. The number of carbonyl (C=O) groups is 4. The second kappa shape index (κ2) is 21.0. The summed E-state index contributed by atoms with van der Waals surface area (Å²) < 4.78 is 55.4. The molecule has 0 aromatic rings. The van der Waals surface area contributed by atoms with E-state index in [0.717, 1.165) is 0 Å². The molecular formula is C45H76O16Si. The molecule has 11 atom stereocenters. The summed E-state index contributed by atoms with van der Waals surface area (Å²) in [5.74, 6) is -6.52. The van der Waals surface area contributed by atoms with Crippen LogP contribution in [0.15, 0.2) is 23.8 Å². The Balaban J connectivity index is 2.25. The predicted octanol–water partition coefficient (Wildman–Crippen LogP) is 5.58. The first-order valence-corrected chi connectivity index (χ1v) is 24.6. The van der Waals surface area contributed by atoms with Gasteiger partial charge in [0.1, 0.15) is 12.2 Å². The molecule has 3 heterocycles. The molecule has 0 radical (unpaired) electrons. The van der Waals surface area contributed by atoms with Gasteiger partial charge in [0, 0.05) is 58.1 Å². The second-order valence-electron chi connectivity index (χ2n) is 19.9. The van der Waals surface area contributed by atoms with E-state index in [1.165, 1.54) is 34.1 Å². The quantitative estimate of drug-likeness (QED) is 0.0848. The van der Waals surface area contributed by atoms with Crippen LogP contribution >= 0.6 is 0 Å². The van der Waals surface area contributed by atoms with Gasteiger partial charge in [-0.05, 0) is 50.4 Å². The number of fused-ring (bicyclic) bond motifs is 4. The number of hydrogen-bond donors (Lipinski definition) is 3. The van der Waals surface area contributed by atoms with E-state index >= 15 is 0 Å². The maximum absolute atomic E-state index is 13.9. The summed E-state index contributed by atoms with van der Waals surface area (Å²) in [5, 5.41) is 34.7. The highest BCUT2D eigenvalue weighted by Crippen LogP contribution is 2.51. The molecule has 17 heteroatoms. The van der Waals surface area contributed by atoms with Crippen molar-refractivity contribution in [2.45, 2.75) is 206 Å². The van der Waals surface area contributed by atoms with Gasteiger partial charge < -0.3 is 57.6 Å². The maximum Gasteiger partial charge on any atom is 0.330 e. The van der Waals surface area contributed by atoms with Crippen LogP contribution in [-0.2, 0) is 61.5 Å². The van der Waals surface area contributed by atoms with Crippen molar-refractivity contribution in [2.24, 2.45) is 10.8 Å². The number of hydrogen-bond acceptors (Lipinski definition) is 16. The lowest BCUT2D eigenvalue weighted by molar-refractivity contribution is -0.357. The predicted molar refractivity (Wildman–Crippen MR) is 230 cm³/mol. The molecule has 3 N–H and O–H groups in total. The molecule has 2 saturated heterocycles. The van der Waals surface area contributed by atoms with Crippen molar-refractivity contribution in [1.82, 2.24) is 0 Å². The zero-order valence-corrected chi connectivity index (χ0v) is 40.7. The highest BCUT2D eigenvalue weighted by Gasteiger charge is 2.60. The van der Waals surface area contributed by atoms with Gasteiger partial charge in [-0.1, -0.05) is 60.6 Å². The van der Waals surface area contributed by atoms with Gasteiger partial charge in [0.05, 0.1) is 62.2 Å². The normalized spacial score (nSPS) is 34.8. The van der Waals surface area contributed by atoms with Gasteiger partial charge in [-0.3, -0.25) is 14.4 Å². The molecule has 0 aromatic heterocycles. The number of methoxy groups -OCH3 is 2. The summed E-state index contributed by atoms with van der Waals surface area (Å²) >= 11 is 0. The van der Waals surface area contributed by atoms with Crippen molar-refractivity contribution in [3.8, 4) is 0 Å². The van der Waals surface area contributed by atoms with E-state index in [4.69, 9.17) is 42.3 Å². The first-order valence-electron chi connectivity index (χ1n) is 21.7. The standard InChI is InChI=1S/C45H76O16Si/c1-27(46)19-35-26-44(54-13)43(10,11)37(56-29(3)47)25-34(59-44)22-32(49)23-39(51)58-36(28(2)61-62(14,15)41(5,6)7)24-33-20-31(21-38(50)53-12)40(57-30(4)48)45(52,60-33)42(8,9)17-16-18-55-35/h16-17,21,27-28,32-37,40,46,49,52H,18-20,22-26H2,1-15H3/b17-16+,31-21+/t27-,28?,32-,33+,34-,35+,36-,37+,40?,44+,45-/m1/s1. The molecule has 2 unspecified atom stereocenters. The van der Waals surface area contributed by atoms with E-state index in [0.29, 0.717) is 0 Å². The number of esters is 4. The Kier molecular flexibility index (Phi) is 18.2. The first kappa shape index (κ1) is 53.6. The van der Waals surface area contributed by atoms with E-state index < -0.39 is 116 Å². The Morgan fingerprint density at radius 2 is 1.60 bits per heavy atom. The summed E-state index contributed by atoms with van der Waals surface area (Å²) in [6.45, 7) is 23.3. The van der Waals surface area contributed by atoms with Crippen LogP contribution in [0.25, 0.3) is 0 Å². The summed E-state index contributed by atoms with van der Waals surface area (Å²) in [6, 6.07) is 0. The van der Waals surface area contributed by atoms with Crippen LogP contribution in [0.1, 0.15) is 121 Å². The molecule has 2 fully saturated rings. The van der Waals surface area contributed by atoms with E-state index in [9.17, 15) is 34.5 Å². The smallest absolute Gasteiger partial charge is 0.330 e. The molecule has 3 aliphatic heterocycles. The minimum absolute atomic E-state index is 0.0249. The summed E-state index contributed by atoms with van der Waals surface area (Å²) in [7, 11) is 0.202. The third kappa shape index (κ3) is 13.2. The molecule has 4 bridgehead atoms. The van der Waals surface area contributed by atoms with Crippen LogP contribution in [0, 0.1) is 10.8 Å². The Hall–Kier alpha value is -2.74. The zero-order chi connectivity index (χ0) is 47.2. The van der Waals surface area contributed by atoms with Gasteiger partial charge >= 0.3 is 23.9 Å². The monoisotopic (exact) mass is 900 g/mol. The highest BCUT2D eigenvalue weighted by molar-refractivity contribution is 6.74. The van der Waals surface area contributed by atoms with Crippen molar-refractivity contribution in [1.29, 1.82) is 0 Å². The lowest BCUT2D eigenvalue weighted by atomic mass is 9.70. The fraction of sp³-hybridized carbons (Fsp3) is 0.822. The zero-order valence-electron chi connectivity index (χ0n) is 39.7. The van der Waals surface area contributed by atoms with Crippen LogP contribution in [-0.4, -0.2) is 135 Å². The molecular weight excluding hydrogens is 825 g/mol. The van der Waals surface area contributed by atoms with Crippen molar-refractivity contribution >= 4 is 32.2 Å². The fourth-order valence-electron chi connectivity index (χ4n) is 8.41. The third-order valence-corrected chi connectivity index (χ3v) is 17.6. The van der Waals surface area contributed by atoms with E-state index in [-0.39, 0.29) is 55.7 Å². The number of ether oxygens (including phenoxy) is 8. The van der Waals surface area contributed by atoms with Crippen LogP contribution in [0.5, 0.6) is 0 Å². The molecule has 0 aliphatic carbocycles. The van der Waals surface area contributed by atoms with Crippen molar-refractivity contribution in [3.63, 3.8) is 0 Å². The minimum Gasteiger partial charge on any atom is -0.466 e. The topological polar surface area (TPSA) is 212 Å². The van der Waals surface area contributed by atoms with E-state index in [1.54, 1.807) is 39.8 Å². The van der Waals surface area contributed by atoms with Crippen molar-refractivity contribution < 1.29 is 76.8 Å². The van der Waals surface area contributed by atoms with Gasteiger partial charge in [0.15, 0.2) is 20.2 Å². The molecule has 0 aromatic carbocycles. The number of rotatable bonds is 9.